The third-order valence-corrected chi connectivity index (χ3v) is 2.09. The average Bonchev–Trinajstić information content (AvgIpc) is 2.26. The van der Waals surface area contributed by atoms with Crippen molar-refractivity contribution in [3.05, 3.63) is 28.8 Å². The fraction of sp³-hybridized carbons (Fsp3) is 0.200. The van der Waals surface area contributed by atoms with E-state index in [4.69, 9.17) is 11.1 Å². The molecule has 0 unspecified atom stereocenters. The van der Waals surface area contributed by atoms with Crippen LogP contribution in [0.15, 0.2) is 12.1 Å². The molecule has 4 nitrogen and oxygen atoms in total. The first-order valence-corrected chi connectivity index (χ1v) is 4.40. The molecule has 17 heavy (non-hydrogen) atoms. The van der Waals surface area contributed by atoms with Crippen LogP contribution in [0.3, 0.4) is 0 Å². The summed E-state index contributed by atoms with van der Waals surface area (Å²) in [5.74, 6) is -1.12. The van der Waals surface area contributed by atoms with Crippen LogP contribution in [-0.4, -0.2) is 19.3 Å². The number of nitrogens with one attached hydrogen (secondary N) is 1. The second-order valence-corrected chi connectivity index (χ2v) is 3.16. The molecule has 0 saturated carbocycles. The molecule has 0 spiro atoms. The fourth-order valence-electron chi connectivity index (χ4n) is 1.27. The molecule has 0 aliphatic heterocycles. The number of halogens is 3. The summed E-state index contributed by atoms with van der Waals surface area (Å²) in [5.41, 5.74) is 3.38. The van der Waals surface area contributed by atoms with E-state index in [-0.39, 0.29) is 11.3 Å². The van der Waals surface area contributed by atoms with Gasteiger partial charge in [0.25, 0.3) is 0 Å². The van der Waals surface area contributed by atoms with Gasteiger partial charge in [0.05, 0.1) is 18.2 Å². The number of anilines is 1. The Morgan fingerprint density at radius 2 is 2.06 bits per heavy atom. The molecule has 1 aromatic carbocycles. The van der Waals surface area contributed by atoms with Crippen LogP contribution in [0.2, 0.25) is 0 Å². The highest BCUT2D eigenvalue weighted by Crippen LogP contribution is 2.34. The van der Waals surface area contributed by atoms with E-state index in [0.29, 0.717) is 12.3 Å². The molecule has 0 amide bonds. The topological polar surface area (TPSA) is 76.2 Å². The summed E-state index contributed by atoms with van der Waals surface area (Å²) in [6.07, 6.45) is -4.03. The molecule has 0 saturated heterocycles. The number of carbonyl (C=O) groups excluding carboxylic acids is 1. The van der Waals surface area contributed by atoms with E-state index in [0.717, 1.165) is 13.2 Å². The Kier molecular flexibility index (Phi) is 3.40. The lowest BCUT2D eigenvalue weighted by Crippen LogP contribution is -2.15. The predicted molar refractivity (Wildman–Crippen MR) is 55.1 cm³/mol. The minimum atomic E-state index is -4.71. The van der Waals surface area contributed by atoms with Gasteiger partial charge in [-0.1, -0.05) is 0 Å². The number of nitrogen functional groups attached to an aromatic ring is 1. The van der Waals surface area contributed by atoms with Gasteiger partial charge in [-0.3, -0.25) is 0 Å². The van der Waals surface area contributed by atoms with Crippen molar-refractivity contribution in [2.45, 2.75) is 6.18 Å². The first-order valence-electron chi connectivity index (χ1n) is 4.40. The number of nitrogens with two attached hydrogens (primary N) is 1. The fourth-order valence-corrected chi connectivity index (χ4v) is 1.27. The van der Waals surface area contributed by atoms with E-state index < -0.39 is 23.3 Å². The van der Waals surface area contributed by atoms with Crippen molar-refractivity contribution in [1.82, 2.24) is 0 Å². The Hall–Kier alpha value is -2.05. The van der Waals surface area contributed by atoms with Gasteiger partial charge in [-0.05, 0) is 12.1 Å². The van der Waals surface area contributed by atoms with Crippen molar-refractivity contribution in [3.63, 3.8) is 0 Å². The molecule has 7 heteroatoms. The van der Waals surface area contributed by atoms with Gasteiger partial charge in [0.2, 0.25) is 0 Å². The first kappa shape index (κ1) is 13.0. The van der Waals surface area contributed by atoms with Crippen molar-refractivity contribution in [3.8, 4) is 0 Å². The molecule has 3 N–H and O–H groups in total. The van der Waals surface area contributed by atoms with Gasteiger partial charge in [0.15, 0.2) is 0 Å². The summed E-state index contributed by atoms with van der Waals surface area (Å²) in [5, 5.41) is 6.92. The summed E-state index contributed by atoms with van der Waals surface area (Å²) < 4.78 is 42.3. The third kappa shape index (κ3) is 2.55. The first-order chi connectivity index (χ1) is 7.81. The standard InChI is InChI=1S/C10H9F3N2O2/c1-17-9(16)6-3-8(15)5(4-14)2-7(6)10(11,12)13/h2-4,14H,15H2,1H3. The molecular formula is C10H9F3N2O2. The molecule has 1 aromatic rings. The number of methoxy groups -OCH3 is 1. The number of alkyl halides is 3. The van der Waals surface area contributed by atoms with Crippen LogP contribution in [0.25, 0.3) is 0 Å². The molecule has 92 valence electrons. The summed E-state index contributed by atoms with van der Waals surface area (Å²) in [4.78, 5) is 11.2. The number of benzene rings is 1. The summed E-state index contributed by atoms with van der Waals surface area (Å²) >= 11 is 0. The molecule has 0 radical (unpaired) electrons. The maximum Gasteiger partial charge on any atom is 0.417 e. The lowest BCUT2D eigenvalue weighted by Gasteiger charge is -2.13. The highest BCUT2D eigenvalue weighted by Gasteiger charge is 2.36. The van der Waals surface area contributed by atoms with E-state index in [9.17, 15) is 18.0 Å². The second-order valence-electron chi connectivity index (χ2n) is 3.16. The van der Waals surface area contributed by atoms with Crippen molar-refractivity contribution in [2.24, 2.45) is 0 Å². The minimum absolute atomic E-state index is 0.0894. The number of hydrogen-bond acceptors (Lipinski definition) is 4. The van der Waals surface area contributed by atoms with Gasteiger partial charge in [-0.2, -0.15) is 13.2 Å². The number of esters is 1. The Morgan fingerprint density at radius 1 is 1.47 bits per heavy atom. The number of hydrogen-bond donors (Lipinski definition) is 2. The van der Waals surface area contributed by atoms with Gasteiger partial charge in [0.1, 0.15) is 0 Å². The quantitative estimate of drug-likeness (QED) is 0.476. The summed E-state index contributed by atoms with van der Waals surface area (Å²) in [6, 6.07) is 1.50. The van der Waals surface area contributed by atoms with Crippen LogP contribution < -0.4 is 5.73 Å². The number of ether oxygens (including phenoxy) is 1. The normalized spacial score (nSPS) is 11.1. The molecule has 0 fully saturated rings. The zero-order valence-corrected chi connectivity index (χ0v) is 8.76. The zero-order valence-electron chi connectivity index (χ0n) is 8.76. The lowest BCUT2D eigenvalue weighted by atomic mass is 10.0. The molecule has 0 aliphatic carbocycles. The number of carbonyl (C=O) groups is 1. The third-order valence-electron chi connectivity index (χ3n) is 2.09. The highest BCUT2D eigenvalue weighted by atomic mass is 19.4. The zero-order chi connectivity index (χ0) is 13.2. The molecule has 0 bridgehead atoms. The largest absolute Gasteiger partial charge is 0.465 e. The van der Waals surface area contributed by atoms with Crippen LogP contribution >= 0.6 is 0 Å². The average molecular weight is 246 g/mol. The Bertz CT molecular complexity index is 469. The van der Waals surface area contributed by atoms with Gasteiger partial charge < -0.3 is 15.9 Å². The smallest absolute Gasteiger partial charge is 0.417 e. The van der Waals surface area contributed by atoms with Gasteiger partial charge in [-0.15, -0.1) is 0 Å². The Morgan fingerprint density at radius 3 is 2.47 bits per heavy atom. The van der Waals surface area contributed by atoms with Crippen LogP contribution in [0.1, 0.15) is 21.5 Å². The molecule has 1 rings (SSSR count). The summed E-state index contributed by atoms with van der Waals surface area (Å²) in [6.45, 7) is 0. The molecule has 0 aromatic heterocycles. The maximum absolute atomic E-state index is 12.7. The monoisotopic (exact) mass is 246 g/mol. The maximum atomic E-state index is 12.7. The van der Waals surface area contributed by atoms with Crippen molar-refractivity contribution in [2.75, 3.05) is 12.8 Å². The predicted octanol–water partition coefficient (Wildman–Crippen LogP) is 2.07. The minimum Gasteiger partial charge on any atom is -0.465 e. The molecule has 0 heterocycles. The van der Waals surface area contributed by atoms with Crippen LogP contribution in [-0.2, 0) is 10.9 Å². The van der Waals surface area contributed by atoms with E-state index >= 15 is 0 Å². The van der Waals surface area contributed by atoms with Gasteiger partial charge >= 0.3 is 12.1 Å². The van der Waals surface area contributed by atoms with Crippen LogP contribution in [0.5, 0.6) is 0 Å². The Labute approximate surface area is 94.7 Å². The van der Waals surface area contributed by atoms with Crippen molar-refractivity contribution >= 4 is 17.9 Å². The van der Waals surface area contributed by atoms with E-state index in [1.165, 1.54) is 0 Å². The lowest BCUT2D eigenvalue weighted by molar-refractivity contribution is -0.138. The summed E-state index contributed by atoms with van der Waals surface area (Å²) in [7, 11) is 0.975. The Balaban J connectivity index is 3.52. The van der Waals surface area contributed by atoms with Crippen molar-refractivity contribution in [1.29, 1.82) is 5.41 Å². The highest BCUT2D eigenvalue weighted by molar-refractivity contribution is 5.95. The SMILES string of the molecule is COC(=O)c1cc(N)c(C=N)cc1C(F)(F)F. The van der Waals surface area contributed by atoms with Crippen LogP contribution in [0.4, 0.5) is 18.9 Å². The second kappa shape index (κ2) is 4.44. The van der Waals surface area contributed by atoms with E-state index in [1.807, 2.05) is 0 Å². The van der Waals surface area contributed by atoms with Crippen LogP contribution in [0, 0.1) is 5.41 Å². The van der Waals surface area contributed by atoms with E-state index in [2.05, 4.69) is 4.74 Å². The molecule has 0 atom stereocenters. The van der Waals surface area contributed by atoms with Gasteiger partial charge in [0, 0.05) is 17.5 Å². The van der Waals surface area contributed by atoms with Crippen molar-refractivity contribution < 1.29 is 22.7 Å². The van der Waals surface area contributed by atoms with Gasteiger partial charge in [-0.25, -0.2) is 4.79 Å². The molecular weight excluding hydrogens is 237 g/mol. The number of rotatable bonds is 2. The van der Waals surface area contributed by atoms with E-state index in [1.54, 1.807) is 0 Å². The molecule has 0 aliphatic rings.